The van der Waals surface area contributed by atoms with Crippen LogP contribution in [0.2, 0.25) is 0 Å². The second-order valence-electron chi connectivity index (χ2n) is 8.77. The maximum Gasteiger partial charge on any atom is 0.341 e. The van der Waals surface area contributed by atoms with Gasteiger partial charge in [0.1, 0.15) is 16.3 Å². The zero-order valence-electron chi connectivity index (χ0n) is 22.4. The van der Waals surface area contributed by atoms with Crippen LogP contribution in [0.5, 0.6) is 5.75 Å². The summed E-state index contributed by atoms with van der Waals surface area (Å²) >= 11 is 8.17. The van der Waals surface area contributed by atoms with E-state index in [4.69, 9.17) is 21.7 Å². The Labute approximate surface area is 247 Å². The summed E-state index contributed by atoms with van der Waals surface area (Å²) in [5, 5.41) is 11.5. The van der Waals surface area contributed by atoms with Crippen molar-refractivity contribution in [2.75, 3.05) is 30.2 Å². The van der Waals surface area contributed by atoms with E-state index in [-0.39, 0.29) is 5.91 Å². The largest absolute Gasteiger partial charge is 0.495 e. The topological polar surface area (TPSA) is 88.7 Å². The molecule has 3 N–H and O–H groups in total. The number of thiophene rings is 1. The number of carbonyl (C=O) groups is 2. The summed E-state index contributed by atoms with van der Waals surface area (Å²) in [5.41, 5.74) is 4.61. The summed E-state index contributed by atoms with van der Waals surface area (Å²) in [5.74, 6) is -0.0361. The van der Waals surface area contributed by atoms with Crippen molar-refractivity contribution >= 4 is 68.7 Å². The number of rotatable bonds is 9. The second-order valence-corrected chi connectivity index (χ2v) is 11.5. The molecular weight excluding hydrogens is 563 g/mol. The molecule has 1 unspecified atom stereocenters. The van der Waals surface area contributed by atoms with Crippen molar-refractivity contribution in [1.82, 2.24) is 0 Å². The van der Waals surface area contributed by atoms with Crippen LogP contribution in [0, 0.1) is 6.92 Å². The number of carbonyl (C=O) groups excluding carboxylic acids is 2. The molecular formula is C30H29N3O4S3. The third kappa shape index (κ3) is 7.20. The minimum Gasteiger partial charge on any atom is -0.495 e. The predicted molar refractivity (Wildman–Crippen MR) is 169 cm³/mol. The molecule has 0 spiro atoms. The van der Waals surface area contributed by atoms with Crippen molar-refractivity contribution in [3.05, 3.63) is 89.3 Å². The molecule has 7 nitrogen and oxygen atoms in total. The van der Waals surface area contributed by atoms with Crippen molar-refractivity contribution in [2.24, 2.45) is 0 Å². The normalized spacial score (nSPS) is 11.3. The SMILES string of the molecule is COC(=O)c1c(-c2ccc(C)cc2)csc1NC(=O)C(C)Sc1cccc(NC(=S)Nc2ccccc2OC)c1. The highest BCUT2D eigenvalue weighted by atomic mass is 32.2. The van der Waals surface area contributed by atoms with Gasteiger partial charge in [0.05, 0.1) is 25.2 Å². The molecule has 4 aromatic rings. The number of aryl methyl sites for hydroxylation is 1. The van der Waals surface area contributed by atoms with Crippen LogP contribution in [0.15, 0.2) is 83.1 Å². The molecule has 1 heterocycles. The number of hydrogen-bond donors (Lipinski definition) is 3. The molecule has 0 bridgehead atoms. The lowest BCUT2D eigenvalue weighted by molar-refractivity contribution is -0.115. The van der Waals surface area contributed by atoms with Crippen molar-refractivity contribution in [2.45, 2.75) is 24.0 Å². The van der Waals surface area contributed by atoms with Gasteiger partial charge in [-0.15, -0.1) is 23.1 Å². The quantitative estimate of drug-likeness (QED) is 0.105. The Kier molecular flexibility index (Phi) is 9.81. The Balaban J connectivity index is 1.42. The minimum absolute atomic E-state index is 0.223. The van der Waals surface area contributed by atoms with E-state index in [2.05, 4.69) is 16.0 Å². The number of esters is 1. The van der Waals surface area contributed by atoms with Gasteiger partial charge in [0.2, 0.25) is 5.91 Å². The van der Waals surface area contributed by atoms with E-state index in [1.807, 2.05) is 92.0 Å². The highest BCUT2D eigenvalue weighted by Crippen LogP contribution is 2.37. The summed E-state index contributed by atoms with van der Waals surface area (Å²) in [4.78, 5) is 26.7. The predicted octanol–water partition coefficient (Wildman–Crippen LogP) is 7.45. The summed E-state index contributed by atoms with van der Waals surface area (Å²) in [7, 11) is 2.94. The Bertz CT molecular complexity index is 1520. The van der Waals surface area contributed by atoms with Crippen LogP contribution in [-0.4, -0.2) is 36.5 Å². The lowest BCUT2D eigenvalue weighted by Crippen LogP contribution is -2.23. The number of anilines is 3. The van der Waals surface area contributed by atoms with E-state index in [0.29, 0.717) is 21.4 Å². The first-order valence-electron chi connectivity index (χ1n) is 12.3. The lowest BCUT2D eigenvalue weighted by Gasteiger charge is -2.15. The Morgan fingerprint density at radius 3 is 2.42 bits per heavy atom. The van der Waals surface area contributed by atoms with E-state index in [9.17, 15) is 9.59 Å². The summed E-state index contributed by atoms with van der Waals surface area (Å²) < 4.78 is 10.4. The van der Waals surface area contributed by atoms with E-state index in [1.165, 1.54) is 30.2 Å². The monoisotopic (exact) mass is 591 g/mol. The van der Waals surface area contributed by atoms with Crippen molar-refractivity contribution in [3.8, 4) is 16.9 Å². The molecule has 206 valence electrons. The van der Waals surface area contributed by atoms with E-state index in [1.54, 1.807) is 7.11 Å². The molecule has 0 aliphatic rings. The number of thiocarbonyl (C=S) groups is 1. The van der Waals surface area contributed by atoms with Gasteiger partial charge in [-0.1, -0.05) is 48.0 Å². The zero-order valence-corrected chi connectivity index (χ0v) is 24.9. The molecule has 40 heavy (non-hydrogen) atoms. The molecule has 3 aromatic carbocycles. The Morgan fingerprint density at radius 1 is 0.950 bits per heavy atom. The number of amides is 1. The number of thioether (sulfide) groups is 1. The Hall–Kier alpha value is -3.86. The average molecular weight is 592 g/mol. The van der Waals surface area contributed by atoms with Crippen molar-refractivity contribution in [3.63, 3.8) is 0 Å². The van der Waals surface area contributed by atoms with Crippen LogP contribution in [-0.2, 0) is 9.53 Å². The fraction of sp³-hybridized carbons (Fsp3) is 0.167. The molecule has 1 atom stereocenters. The maximum atomic E-state index is 13.2. The van der Waals surface area contributed by atoms with E-state index < -0.39 is 11.2 Å². The van der Waals surface area contributed by atoms with Gasteiger partial charge in [0.15, 0.2) is 5.11 Å². The van der Waals surface area contributed by atoms with Gasteiger partial charge in [-0.3, -0.25) is 4.79 Å². The molecule has 0 saturated carbocycles. The number of ether oxygens (including phenoxy) is 2. The summed E-state index contributed by atoms with van der Waals surface area (Å²) in [6, 6.07) is 23.0. The number of benzene rings is 3. The molecule has 4 rings (SSSR count). The van der Waals surface area contributed by atoms with Gasteiger partial charge in [-0.05, 0) is 62.0 Å². The third-order valence-corrected chi connectivity index (χ3v) is 8.10. The van der Waals surface area contributed by atoms with Crippen LogP contribution in [0.25, 0.3) is 11.1 Å². The van der Waals surface area contributed by atoms with Gasteiger partial charge >= 0.3 is 5.97 Å². The Morgan fingerprint density at radius 2 is 1.70 bits per heavy atom. The smallest absolute Gasteiger partial charge is 0.341 e. The number of nitrogens with one attached hydrogen (secondary N) is 3. The molecule has 10 heteroatoms. The average Bonchev–Trinajstić information content (AvgIpc) is 3.36. The van der Waals surface area contributed by atoms with E-state index >= 15 is 0 Å². The number of methoxy groups -OCH3 is 2. The first-order chi connectivity index (χ1) is 19.3. The second kappa shape index (κ2) is 13.5. The van der Waals surface area contributed by atoms with Gasteiger partial charge in [0.25, 0.3) is 0 Å². The van der Waals surface area contributed by atoms with Crippen LogP contribution in [0.3, 0.4) is 0 Å². The summed E-state index contributed by atoms with van der Waals surface area (Å²) in [6.07, 6.45) is 0. The fourth-order valence-corrected chi connectivity index (χ4v) is 5.97. The standard InChI is InChI=1S/C30H29N3O4S3/c1-18-12-14-20(15-13-18)23-17-39-28(26(23)29(35)37-4)33-27(34)19(2)40-22-9-7-8-21(16-22)31-30(38)32-24-10-5-6-11-25(24)36-3/h5-17,19H,1-4H3,(H,33,34)(H2,31,32,38). The van der Waals surface area contributed by atoms with Crippen LogP contribution in [0.4, 0.5) is 16.4 Å². The number of hydrogen-bond acceptors (Lipinski definition) is 7. The van der Waals surface area contributed by atoms with Gasteiger partial charge in [-0.25, -0.2) is 4.79 Å². The van der Waals surface area contributed by atoms with Crippen LogP contribution < -0.4 is 20.7 Å². The van der Waals surface area contributed by atoms with Crippen molar-refractivity contribution < 1.29 is 19.1 Å². The van der Waals surface area contributed by atoms with Crippen LogP contribution in [0.1, 0.15) is 22.8 Å². The van der Waals surface area contributed by atoms with Gasteiger partial charge < -0.3 is 25.4 Å². The first-order valence-corrected chi connectivity index (χ1v) is 14.5. The van der Waals surface area contributed by atoms with Gasteiger partial charge in [-0.2, -0.15) is 0 Å². The molecule has 0 fully saturated rings. The fourth-order valence-electron chi connectivity index (χ4n) is 3.85. The first kappa shape index (κ1) is 29.1. The molecule has 0 radical (unpaired) electrons. The lowest BCUT2D eigenvalue weighted by atomic mass is 10.0. The molecule has 0 saturated heterocycles. The zero-order chi connectivity index (χ0) is 28.6. The number of para-hydroxylation sites is 2. The van der Waals surface area contributed by atoms with Crippen molar-refractivity contribution in [1.29, 1.82) is 0 Å². The maximum absolute atomic E-state index is 13.2. The third-order valence-electron chi connectivity index (χ3n) is 5.91. The van der Waals surface area contributed by atoms with Gasteiger partial charge in [0, 0.05) is 21.5 Å². The molecule has 0 aliphatic heterocycles. The highest BCUT2D eigenvalue weighted by molar-refractivity contribution is 8.00. The van der Waals surface area contributed by atoms with Crippen LogP contribution >= 0.6 is 35.3 Å². The minimum atomic E-state index is -0.496. The highest BCUT2D eigenvalue weighted by Gasteiger charge is 2.24. The van der Waals surface area contributed by atoms with E-state index in [0.717, 1.165) is 33.0 Å². The molecule has 0 aliphatic carbocycles. The molecule has 1 aromatic heterocycles. The summed E-state index contributed by atoms with van der Waals surface area (Å²) in [6.45, 7) is 3.82. The molecule has 1 amide bonds.